The lowest BCUT2D eigenvalue weighted by molar-refractivity contribution is 0.0697. The van der Waals surface area contributed by atoms with Gasteiger partial charge in [-0.05, 0) is 26.0 Å². The molecule has 0 spiro atoms. The van der Waals surface area contributed by atoms with Crippen molar-refractivity contribution in [2.24, 2.45) is 0 Å². The molecule has 2 rings (SSSR count). The normalized spacial score (nSPS) is 10.4. The van der Waals surface area contributed by atoms with E-state index < -0.39 is 5.97 Å². The summed E-state index contributed by atoms with van der Waals surface area (Å²) in [6.07, 6.45) is 1.22. The molecule has 82 valence electrons. The molecule has 0 saturated carbocycles. The van der Waals surface area contributed by atoms with Crippen LogP contribution in [0.15, 0.2) is 28.9 Å². The van der Waals surface area contributed by atoms with Crippen LogP contribution >= 0.6 is 0 Å². The fourth-order valence-corrected chi connectivity index (χ4v) is 1.71. The highest BCUT2D eigenvalue weighted by Crippen LogP contribution is 2.25. The number of benzene rings is 1. The fraction of sp³-hybridized carbons (Fsp3) is 0.167. The van der Waals surface area contributed by atoms with Crippen molar-refractivity contribution in [3.05, 3.63) is 41.1 Å². The molecule has 0 aliphatic carbocycles. The second-order valence-corrected chi connectivity index (χ2v) is 3.75. The standard InChI is InChI=1S/C12H11NO3/c1-7-3-8(2)5-9(4-7)11-10(12(14)15)6-13-16-11/h3-6H,1-2H3,(H,14,15). The summed E-state index contributed by atoms with van der Waals surface area (Å²) < 4.78 is 4.99. The van der Waals surface area contributed by atoms with Gasteiger partial charge < -0.3 is 9.63 Å². The van der Waals surface area contributed by atoms with Gasteiger partial charge >= 0.3 is 5.97 Å². The lowest BCUT2D eigenvalue weighted by atomic mass is 10.0. The minimum atomic E-state index is -1.03. The van der Waals surface area contributed by atoms with Gasteiger partial charge in [-0.15, -0.1) is 0 Å². The molecule has 1 N–H and O–H groups in total. The molecule has 0 amide bonds. The van der Waals surface area contributed by atoms with Gasteiger partial charge in [0.1, 0.15) is 5.56 Å². The van der Waals surface area contributed by atoms with Crippen molar-refractivity contribution < 1.29 is 14.4 Å². The average Bonchev–Trinajstić information content (AvgIpc) is 2.63. The van der Waals surface area contributed by atoms with E-state index in [1.54, 1.807) is 0 Å². The van der Waals surface area contributed by atoms with E-state index in [1.807, 2.05) is 32.0 Å². The van der Waals surface area contributed by atoms with E-state index in [4.69, 9.17) is 9.63 Å². The third-order valence-electron chi connectivity index (χ3n) is 2.28. The Morgan fingerprint density at radius 3 is 2.44 bits per heavy atom. The lowest BCUT2D eigenvalue weighted by Crippen LogP contribution is -1.96. The summed E-state index contributed by atoms with van der Waals surface area (Å²) in [5, 5.41) is 12.5. The summed E-state index contributed by atoms with van der Waals surface area (Å²) >= 11 is 0. The third kappa shape index (κ3) is 1.82. The van der Waals surface area contributed by atoms with Crippen LogP contribution in [0.25, 0.3) is 11.3 Å². The first-order chi connectivity index (χ1) is 7.58. The molecule has 1 aromatic carbocycles. The highest BCUT2D eigenvalue weighted by atomic mass is 16.5. The number of aryl methyl sites for hydroxylation is 2. The van der Waals surface area contributed by atoms with Gasteiger partial charge in [-0.2, -0.15) is 0 Å². The summed E-state index contributed by atoms with van der Waals surface area (Å²) in [7, 11) is 0. The maximum atomic E-state index is 10.9. The van der Waals surface area contributed by atoms with Crippen molar-refractivity contribution in [3.8, 4) is 11.3 Å². The predicted molar refractivity (Wildman–Crippen MR) is 58.4 cm³/mol. The zero-order valence-corrected chi connectivity index (χ0v) is 9.02. The first kappa shape index (κ1) is 10.4. The van der Waals surface area contributed by atoms with Crippen molar-refractivity contribution in [2.75, 3.05) is 0 Å². The average molecular weight is 217 g/mol. The van der Waals surface area contributed by atoms with Crippen LogP contribution in [-0.4, -0.2) is 16.2 Å². The number of carboxylic acid groups (broad SMARTS) is 1. The SMILES string of the molecule is Cc1cc(C)cc(-c2oncc2C(=O)O)c1. The Kier molecular flexibility index (Phi) is 2.48. The Bertz CT molecular complexity index is 523. The van der Waals surface area contributed by atoms with Crippen molar-refractivity contribution in [2.45, 2.75) is 13.8 Å². The van der Waals surface area contributed by atoms with Crippen molar-refractivity contribution >= 4 is 5.97 Å². The number of carbonyl (C=O) groups is 1. The van der Waals surface area contributed by atoms with Gasteiger partial charge in [-0.25, -0.2) is 4.79 Å². The topological polar surface area (TPSA) is 63.3 Å². The van der Waals surface area contributed by atoms with Crippen LogP contribution < -0.4 is 0 Å². The molecular weight excluding hydrogens is 206 g/mol. The van der Waals surface area contributed by atoms with Gasteiger partial charge in [0.15, 0.2) is 5.76 Å². The van der Waals surface area contributed by atoms with E-state index in [0.717, 1.165) is 16.7 Å². The highest BCUT2D eigenvalue weighted by Gasteiger charge is 2.16. The van der Waals surface area contributed by atoms with Crippen molar-refractivity contribution in [1.82, 2.24) is 5.16 Å². The first-order valence-electron chi connectivity index (χ1n) is 4.84. The summed E-state index contributed by atoms with van der Waals surface area (Å²) in [4.78, 5) is 10.9. The number of rotatable bonds is 2. The molecule has 16 heavy (non-hydrogen) atoms. The van der Waals surface area contributed by atoms with Gasteiger partial charge in [-0.3, -0.25) is 0 Å². The zero-order valence-electron chi connectivity index (χ0n) is 9.02. The van der Waals surface area contributed by atoms with E-state index in [0.29, 0.717) is 5.76 Å². The van der Waals surface area contributed by atoms with Gasteiger partial charge in [0, 0.05) is 5.56 Å². The van der Waals surface area contributed by atoms with E-state index in [9.17, 15) is 4.79 Å². The van der Waals surface area contributed by atoms with E-state index >= 15 is 0 Å². The molecule has 4 heteroatoms. The number of aromatic nitrogens is 1. The molecule has 0 saturated heterocycles. The van der Waals surface area contributed by atoms with Crippen molar-refractivity contribution in [3.63, 3.8) is 0 Å². The van der Waals surface area contributed by atoms with Crippen LogP contribution in [0.5, 0.6) is 0 Å². The van der Waals surface area contributed by atoms with Crippen LogP contribution in [0.1, 0.15) is 21.5 Å². The molecule has 0 radical (unpaired) electrons. The molecule has 0 bridgehead atoms. The molecule has 0 aliphatic heterocycles. The zero-order chi connectivity index (χ0) is 11.7. The van der Waals surface area contributed by atoms with Crippen molar-refractivity contribution in [1.29, 1.82) is 0 Å². The van der Waals surface area contributed by atoms with Gasteiger partial charge in [0.2, 0.25) is 0 Å². The minimum absolute atomic E-state index is 0.0880. The van der Waals surface area contributed by atoms with Crippen LogP contribution in [0.4, 0.5) is 0 Å². The van der Waals surface area contributed by atoms with Crippen LogP contribution in [-0.2, 0) is 0 Å². The number of hydrogen-bond donors (Lipinski definition) is 1. The summed E-state index contributed by atoms with van der Waals surface area (Å²) in [5.41, 5.74) is 2.95. The Hall–Kier alpha value is -2.10. The number of aromatic carboxylic acids is 1. The molecule has 0 aliphatic rings. The molecule has 0 unspecified atom stereocenters. The Morgan fingerprint density at radius 2 is 1.88 bits per heavy atom. The molecule has 0 atom stereocenters. The first-order valence-corrected chi connectivity index (χ1v) is 4.84. The Labute approximate surface area is 92.5 Å². The largest absolute Gasteiger partial charge is 0.477 e. The van der Waals surface area contributed by atoms with Gasteiger partial charge in [0.05, 0.1) is 6.20 Å². The quantitative estimate of drug-likeness (QED) is 0.839. The van der Waals surface area contributed by atoms with Crippen LogP contribution in [0, 0.1) is 13.8 Å². The Morgan fingerprint density at radius 1 is 1.25 bits per heavy atom. The summed E-state index contributed by atoms with van der Waals surface area (Å²) in [6.45, 7) is 3.90. The third-order valence-corrected chi connectivity index (χ3v) is 2.28. The second-order valence-electron chi connectivity index (χ2n) is 3.75. The monoisotopic (exact) mass is 217 g/mol. The lowest BCUT2D eigenvalue weighted by Gasteiger charge is -2.02. The van der Waals surface area contributed by atoms with E-state index in [1.165, 1.54) is 6.20 Å². The van der Waals surface area contributed by atoms with E-state index in [-0.39, 0.29) is 5.56 Å². The minimum Gasteiger partial charge on any atom is -0.477 e. The smallest absolute Gasteiger partial charge is 0.341 e. The summed E-state index contributed by atoms with van der Waals surface area (Å²) in [6, 6.07) is 5.76. The number of hydrogen-bond acceptors (Lipinski definition) is 3. The highest BCUT2D eigenvalue weighted by molar-refractivity contribution is 5.93. The Balaban J connectivity index is 2.58. The number of nitrogens with zero attached hydrogens (tertiary/aromatic N) is 1. The molecule has 1 heterocycles. The van der Waals surface area contributed by atoms with Gasteiger partial charge in [0.25, 0.3) is 0 Å². The molecular formula is C12H11NO3. The van der Waals surface area contributed by atoms with E-state index in [2.05, 4.69) is 5.16 Å². The number of carboxylic acids is 1. The summed E-state index contributed by atoms with van der Waals surface area (Å²) in [5.74, 6) is -0.727. The molecule has 2 aromatic rings. The second kappa shape index (κ2) is 3.81. The maximum absolute atomic E-state index is 10.9. The predicted octanol–water partition coefficient (Wildman–Crippen LogP) is 2.66. The molecule has 4 nitrogen and oxygen atoms in total. The fourth-order valence-electron chi connectivity index (χ4n) is 1.71. The van der Waals surface area contributed by atoms with Gasteiger partial charge in [-0.1, -0.05) is 22.3 Å². The van der Waals surface area contributed by atoms with Crippen LogP contribution in [0.2, 0.25) is 0 Å². The molecule has 0 fully saturated rings. The van der Waals surface area contributed by atoms with Crippen LogP contribution in [0.3, 0.4) is 0 Å². The molecule has 1 aromatic heterocycles. The maximum Gasteiger partial charge on any atom is 0.341 e.